The number of carbonyl (C=O) groups excluding carboxylic acids is 1. The lowest BCUT2D eigenvalue weighted by Crippen LogP contribution is -2.30. The van der Waals surface area contributed by atoms with Gasteiger partial charge in [-0.1, -0.05) is 12.8 Å². The van der Waals surface area contributed by atoms with Crippen molar-refractivity contribution in [2.75, 3.05) is 19.6 Å². The van der Waals surface area contributed by atoms with Crippen molar-refractivity contribution in [1.82, 2.24) is 25.0 Å². The van der Waals surface area contributed by atoms with Crippen molar-refractivity contribution in [3.63, 3.8) is 0 Å². The lowest BCUT2D eigenvalue weighted by molar-refractivity contribution is -0.122. The van der Waals surface area contributed by atoms with E-state index in [2.05, 4.69) is 20.3 Å². The second kappa shape index (κ2) is 8.12. The van der Waals surface area contributed by atoms with Gasteiger partial charge in [0.1, 0.15) is 12.2 Å². The fourth-order valence-corrected chi connectivity index (χ4v) is 2.90. The Balaban J connectivity index is 1.66. The van der Waals surface area contributed by atoms with Crippen LogP contribution in [0.2, 0.25) is 0 Å². The van der Waals surface area contributed by atoms with Gasteiger partial charge in [0.25, 0.3) is 0 Å². The Morgan fingerprint density at radius 1 is 1.33 bits per heavy atom. The summed E-state index contributed by atoms with van der Waals surface area (Å²) in [4.78, 5) is 18.6. The van der Waals surface area contributed by atoms with Gasteiger partial charge in [-0.05, 0) is 45.8 Å². The van der Waals surface area contributed by atoms with E-state index in [9.17, 15) is 4.79 Å². The van der Waals surface area contributed by atoms with Crippen molar-refractivity contribution in [3.8, 4) is 0 Å². The quantitative estimate of drug-likeness (QED) is 0.866. The van der Waals surface area contributed by atoms with Crippen LogP contribution in [0.3, 0.4) is 0 Å². The Kier molecular flexibility index (Phi) is 6.17. The predicted molar refractivity (Wildman–Crippen MR) is 81.7 cm³/mol. The molecule has 1 aromatic rings. The average Bonchev–Trinajstić information content (AvgIpc) is 2.72. The first-order valence-corrected chi connectivity index (χ1v) is 8.02. The molecule has 0 unspecified atom stereocenters. The lowest BCUT2D eigenvalue weighted by Gasteiger charge is -2.19. The average molecular weight is 293 g/mol. The van der Waals surface area contributed by atoms with E-state index >= 15 is 0 Å². The molecule has 0 bridgehead atoms. The van der Waals surface area contributed by atoms with Crippen LogP contribution in [0.5, 0.6) is 0 Å². The second-order valence-electron chi connectivity index (χ2n) is 5.89. The van der Waals surface area contributed by atoms with Gasteiger partial charge in [0.15, 0.2) is 0 Å². The number of aromatic nitrogens is 3. The maximum absolute atomic E-state index is 12.0. The first kappa shape index (κ1) is 15.9. The third-order valence-corrected chi connectivity index (χ3v) is 4.09. The van der Waals surface area contributed by atoms with Crippen LogP contribution in [0.15, 0.2) is 6.33 Å². The van der Waals surface area contributed by atoms with E-state index in [-0.39, 0.29) is 11.9 Å². The van der Waals surface area contributed by atoms with Crippen LogP contribution in [-0.4, -0.2) is 45.2 Å². The molecule has 6 nitrogen and oxygen atoms in total. The largest absolute Gasteiger partial charge is 0.346 e. The maximum atomic E-state index is 12.0. The molecular formula is C15H27N5O. The van der Waals surface area contributed by atoms with E-state index < -0.39 is 0 Å². The van der Waals surface area contributed by atoms with Crippen molar-refractivity contribution in [3.05, 3.63) is 12.2 Å². The minimum Gasteiger partial charge on any atom is -0.346 e. The summed E-state index contributed by atoms with van der Waals surface area (Å²) in [6.45, 7) is 5.36. The van der Waals surface area contributed by atoms with Crippen molar-refractivity contribution >= 4 is 5.91 Å². The summed E-state index contributed by atoms with van der Waals surface area (Å²) >= 11 is 0. The number of carbonyl (C=O) groups is 1. The van der Waals surface area contributed by atoms with Gasteiger partial charge in [0, 0.05) is 13.5 Å². The van der Waals surface area contributed by atoms with E-state index in [0.29, 0.717) is 6.42 Å². The minimum atomic E-state index is -0.0943. The van der Waals surface area contributed by atoms with Gasteiger partial charge in [-0.2, -0.15) is 5.10 Å². The van der Waals surface area contributed by atoms with Crippen molar-refractivity contribution in [1.29, 1.82) is 0 Å². The Labute approximate surface area is 126 Å². The topological polar surface area (TPSA) is 63.1 Å². The number of amides is 1. The normalized spacial score (nSPS) is 18.2. The smallest absolute Gasteiger partial charge is 0.220 e. The summed E-state index contributed by atoms with van der Waals surface area (Å²) < 4.78 is 1.70. The molecule has 2 rings (SSSR count). The van der Waals surface area contributed by atoms with E-state index in [0.717, 1.165) is 18.8 Å². The van der Waals surface area contributed by atoms with Crippen LogP contribution in [-0.2, 0) is 11.8 Å². The molecule has 0 spiro atoms. The Morgan fingerprint density at radius 2 is 2.05 bits per heavy atom. The number of nitrogens with one attached hydrogen (secondary N) is 1. The van der Waals surface area contributed by atoms with E-state index in [1.54, 1.807) is 4.68 Å². The molecule has 0 radical (unpaired) electrons. The second-order valence-corrected chi connectivity index (χ2v) is 5.89. The first-order chi connectivity index (χ1) is 10.2. The molecule has 21 heavy (non-hydrogen) atoms. The van der Waals surface area contributed by atoms with E-state index in [1.807, 2.05) is 14.0 Å². The molecule has 1 aliphatic rings. The number of rotatable bonds is 6. The molecule has 1 saturated heterocycles. The SMILES string of the molecule is C[C@H](NC(=O)CCCN1CCCCCC1)c1ncnn1C. The molecule has 118 valence electrons. The van der Waals surface area contributed by atoms with Gasteiger partial charge in [0.2, 0.25) is 5.91 Å². The molecule has 1 amide bonds. The fourth-order valence-electron chi connectivity index (χ4n) is 2.90. The summed E-state index contributed by atoms with van der Waals surface area (Å²) in [6.07, 6.45) is 8.33. The van der Waals surface area contributed by atoms with Gasteiger partial charge in [-0.3, -0.25) is 9.48 Å². The molecule has 1 atom stereocenters. The van der Waals surface area contributed by atoms with Gasteiger partial charge in [-0.15, -0.1) is 0 Å². The summed E-state index contributed by atoms with van der Waals surface area (Å²) in [6, 6.07) is -0.0943. The number of likely N-dealkylation sites (tertiary alicyclic amines) is 1. The molecule has 2 heterocycles. The molecule has 1 fully saturated rings. The number of nitrogens with zero attached hydrogens (tertiary/aromatic N) is 4. The fraction of sp³-hybridized carbons (Fsp3) is 0.800. The van der Waals surface area contributed by atoms with Crippen LogP contribution >= 0.6 is 0 Å². The highest BCUT2D eigenvalue weighted by atomic mass is 16.1. The molecular weight excluding hydrogens is 266 g/mol. The minimum absolute atomic E-state index is 0.0943. The van der Waals surface area contributed by atoms with Crippen LogP contribution in [0, 0.1) is 0 Å². The van der Waals surface area contributed by atoms with E-state index in [4.69, 9.17) is 0 Å². The molecule has 0 aliphatic carbocycles. The van der Waals surface area contributed by atoms with E-state index in [1.165, 1.54) is 45.1 Å². The predicted octanol–water partition coefficient (Wildman–Crippen LogP) is 1.65. The lowest BCUT2D eigenvalue weighted by atomic mass is 10.2. The van der Waals surface area contributed by atoms with Gasteiger partial charge < -0.3 is 10.2 Å². The third-order valence-electron chi connectivity index (χ3n) is 4.09. The Morgan fingerprint density at radius 3 is 2.67 bits per heavy atom. The highest BCUT2D eigenvalue weighted by Crippen LogP contribution is 2.11. The number of hydrogen-bond donors (Lipinski definition) is 1. The van der Waals surface area contributed by atoms with Crippen LogP contribution in [0.1, 0.15) is 57.3 Å². The number of aryl methyl sites for hydroxylation is 1. The number of hydrogen-bond acceptors (Lipinski definition) is 4. The Hall–Kier alpha value is -1.43. The summed E-state index contributed by atoms with van der Waals surface area (Å²) in [5.74, 6) is 0.885. The molecule has 1 aromatic heterocycles. The maximum Gasteiger partial charge on any atom is 0.220 e. The monoisotopic (exact) mass is 293 g/mol. The molecule has 1 N–H and O–H groups in total. The molecule has 0 aromatic carbocycles. The van der Waals surface area contributed by atoms with Crippen molar-refractivity contribution in [2.24, 2.45) is 7.05 Å². The van der Waals surface area contributed by atoms with Crippen LogP contribution in [0.4, 0.5) is 0 Å². The standard InChI is InChI=1S/C15H27N5O/c1-13(15-16-12-17-19(15)2)18-14(21)8-7-11-20-9-5-3-4-6-10-20/h12-13H,3-11H2,1-2H3,(H,18,21)/t13-/m0/s1. The van der Waals surface area contributed by atoms with Gasteiger partial charge in [0.05, 0.1) is 6.04 Å². The summed E-state index contributed by atoms with van der Waals surface area (Å²) in [7, 11) is 1.84. The van der Waals surface area contributed by atoms with Gasteiger partial charge in [-0.25, -0.2) is 4.98 Å². The zero-order valence-electron chi connectivity index (χ0n) is 13.2. The highest BCUT2D eigenvalue weighted by molar-refractivity contribution is 5.76. The van der Waals surface area contributed by atoms with Crippen LogP contribution < -0.4 is 5.32 Å². The zero-order valence-corrected chi connectivity index (χ0v) is 13.2. The zero-order chi connectivity index (χ0) is 15.1. The third kappa shape index (κ3) is 5.12. The van der Waals surface area contributed by atoms with Crippen LogP contribution in [0.25, 0.3) is 0 Å². The Bertz CT molecular complexity index is 437. The molecule has 6 heteroatoms. The summed E-state index contributed by atoms with van der Waals surface area (Å²) in [5, 5.41) is 7.02. The van der Waals surface area contributed by atoms with Crippen molar-refractivity contribution < 1.29 is 4.79 Å². The molecule has 1 aliphatic heterocycles. The van der Waals surface area contributed by atoms with Crippen molar-refractivity contribution in [2.45, 2.75) is 51.5 Å². The first-order valence-electron chi connectivity index (χ1n) is 8.02. The summed E-state index contributed by atoms with van der Waals surface area (Å²) in [5.41, 5.74) is 0. The van der Waals surface area contributed by atoms with Gasteiger partial charge >= 0.3 is 0 Å². The molecule has 0 saturated carbocycles. The highest BCUT2D eigenvalue weighted by Gasteiger charge is 2.14.